The highest BCUT2D eigenvalue weighted by Gasteiger charge is 2.35. The first kappa shape index (κ1) is 11.0. The molecule has 0 radical (unpaired) electrons. The van der Waals surface area contributed by atoms with Gasteiger partial charge < -0.3 is 0 Å². The Morgan fingerprint density at radius 3 is 2.73 bits per heavy atom. The van der Waals surface area contributed by atoms with E-state index >= 15 is 0 Å². The van der Waals surface area contributed by atoms with Gasteiger partial charge >= 0.3 is 0 Å². The summed E-state index contributed by atoms with van der Waals surface area (Å²) in [6.07, 6.45) is 3.71. The van der Waals surface area contributed by atoms with E-state index in [0.29, 0.717) is 11.3 Å². The molecule has 0 saturated carbocycles. The summed E-state index contributed by atoms with van der Waals surface area (Å²) < 4.78 is 0. The van der Waals surface area contributed by atoms with Crippen LogP contribution in [0.15, 0.2) is 18.2 Å². The Kier molecular flexibility index (Phi) is 2.81. The van der Waals surface area contributed by atoms with Crippen LogP contribution in [0.5, 0.6) is 0 Å². The summed E-state index contributed by atoms with van der Waals surface area (Å²) in [7, 11) is 0. The molecule has 1 aromatic rings. The molecule has 2 rings (SSSR count). The van der Waals surface area contributed by atoms with Gasteiger partial charge in [0, 0.05) is 5.02 Å². The van der Waals surface area contributed by atoms with E-state index in [2.05, 4.69) is 32.9 Å². The fraction of sp³-hybridized carbons (Fsp3) is 0.571. The van der Waals surface area contributed by atoms with Crippen molar-refractivity contribution >= 4 is 11.6 Å². The molecular weight excluding hydrogens is 204 g/mol. The van der Waals surface area contributed by atoms with Gasteiger partial charge in [-0.1, -0.05) is 44.5 Å². The molecule has 1 unspecified atom stereocenters. The van der Waals surface area contributed by atoms with E-state index < -0.39 is 0 Å². The minimum atomic E-state index is 0.318. The zero-order valence-electron chi connectivity index (χ0n) is 9.81. The molecule has 0 N–H and O–H groups in total. The lowest BCUT2D eigenvalue weighted by atomic mass is 9.65. The van der Waals surface area contributed by atoms with Crippen LogP contribution in [0.4, 0.5) is 0 Å². The molecule has 1 aromatic carbocycles. The number of hydrogen-bond acceptors (Lipinski definition) is 0. The summed E-state index contributed by atoms with van der Waals surface area (Å²) in [5.41, 5.74) is 3.19. The summed E-state index contributed by atoms with van der Waals surface area (Å²) in [6, 6.07) is 6.37. The van der Waals surface area contributed by atoms with Gasteiger partial charge in [0.15, 0.2) is 0 Å². The maximum absolute atomic E-state index is 6.27. The van der Waals surface area contributed by atoms with E-state index in [1.54, 1.807) is 0 Å². The Hall–Kier alpha value is -0.490. The molecule has 1 aliphatic carbocycles. The normalized spacial score (nSPS) is 25.4. The predicted molar refractivity (Wildman–Crippen MR) is 66.6 cm³/mol. The molecule has 0 fully saturated rings. The van der Waals surface area contributed by atoms with Crippen LogP contribution in [0.2, 0.25) is 5.02 Å². The Bertz CT molecular complexity index is 368. The summed E-state index contributed by atoms with van der Waals surface area (Å²) in [6.45, 7) is 7.01. The monoisotopic (exact) mass is 222 g/mol. The summed E-state index contributed by atoms with van der Waals surface area (Å²) in [5.74, 6) is 0.676. The largest absolute Gasteiger partial charge is 0.0840 e. The highest BCUT2D eigenvalue weighted by molar-refractivity contribution is 6.31. The molecule has 1 atom stereocenters. The average molecular weight is 223 g/mol. The average Bonchev–Trinajstić information content (AvgIpc) is 2.20. The zero-order chi connectivity index (χ0) is 11.1. The van der Waals surface area contributed by atoms with Crippen molar-refractivity contribution in [3.8, 4) is 0 Å². The van der Waals surface area contributed by atoms with Crippen molar-refractivity contribution in [2.24, 2.45) is 5.92 Å². The molecule has 15 heavy (non-hydrogen) atoms. The van der Waals surface area contributed by atoms with Crippen LogP contribution in [0.3, 0.4) is 0 Å². The SMILES string of the molecule is CC(C)C1(C)CCCc2c(Cl)cccc21. The standard InChI is InChI=1S/C14H19Cl/c1-10(2)14(3)9-5-6-11-12(14)7-4-8-13(11)15/h4,7-8,10H,5-6,9H2,1-3H3. The number of fused-ring (bicyclic) bond motifs is 1. The van der Waals surface area contributed by atoms with Crippen LogP contribution in [0.1, 0.15) is 44.7 Å². The van der Waals surface area contributed by atoms with E-state index in [4.69, 9.17) is 11.6 Å². The fourth-order valence-electron chi connectivity index (χ4n) is 2.71. The summed E-state index contributed by atoms with van der Waals surface area (Å²) >= 11 is 6.27. The minimum Gasteiger partial charge on any atom is -0.0840 e. The lowest BCUT2D eigenvalue weighted by Gasteiger charge is -2.40. The first-order chi connectivity index (χ1) is 7.05. The molecule has 82 valence electrons. The van der Waals surface area contributed by atoms with Crippen LogP contribution in [-0.2, 0) is 11.8 Å². The van der Waals surface area contributed by atoms with Gasteiger partial charge in [-0.2, -0.15) is 0 Å². The molecule has 0 amide bonds. The van der Waals surface area contributed by atoms with Crippen LogP contribution in [-0.4, -0.2) is 0 Å². The van der Waals surface area contributed by atoms with Crippen molar-refractivity contribution in [1.82, 2.24) is 0 Å². The van der Waals surface area contributed by atoms with E-state index in [0.717, 1.165) is 11.4 Å². The van der Waals surface area contributed by atoms with Gasteiger partial charge in [0.2, 0.25) is 0 Å². The Balaban J connectivity index is 2.56. The van der Waals surface area contributed by atoms with E-state index in [1.807, 2.05) is 6.07 Å². The quantitative estimate of drug-likeness (QED) is 0.652. The molecule has 0 saturated heterocycles. The van der Waals surface area contributed by atoms with E-state index in [-0.39, 0.29) is 0 Å². The van der Waals surface area contributed by atoms with Crippen LogP contribution < -0.4 is 0 Å². The molecular formula is C14H19Cl. The molecule has 0 heterocycles. The van der Waals surface area contributed by atoms with Gasteiger partial charge in [-0.15, -0.1) is 0 Å². The van der Waals surface area contributed by atoms with Crippen molar-refractivity contribution in [2.45, 2.75) is 45.4 Å². The molecule has 0 bridgehead atoms. The molecule has 0 aliphatic heterocycles. The lowest BCUT2D eigenvalue weighted by Crippen LogP contribution is -2.33. The number of rotatable bonds is 1. The van der Waals surface area contributed by atoms with Gasteiger partial charge in [0.25, 0.3) is 0 Å². The smallest absolute Gasteiger partial charge is 0.0440 e. The maximum Gasteiger partial charge on any atom is 0.0440 e. The Morgan fingerprint density at radius 2 is 2.07 bits per heavy atom. The van der Waals surface area contributed by atoms with Crippen LogP contribution in [0, 0.1) is 5.92 Å². The first-order valence-corrected chi connectivity index (χ1v) is 6.21. The Morgan fingerprint density at radius 1 is 1.33 bits per heavy atom. The van der Waals surface area contributed by atoms with Gasteiger partial charge in [0.05, 0.1) is 0 Å². The second-order valence-corrected chi connectivity index (χ2v) is 5.60. The highest BCUT2D eigenvalue weighted by Crippen LogP contribution is 2.44. The third kappa shape index (κ3) is 1.69. The molecule has 0 nitrogen and oxygen atoms in total. The first-order valence-electron chi connectivity index (χ1n) is 5.83. The topological polar surface area (TPSA) is 0 Å². The third-order valence-electron chi connectivity index (χ3n) is 4.13. The second-order valence-electron chi connectivity index (χ2n) is 5.19. The minimum absolute atomic E-state index is 0.318. The Labute approximate surface area is 97.6 Å². The molecule has 1 aliphatic rings. The van der Waals surface area contributed by atoms with Crippen molar-refractivity contribution in [2.75, 3.05) is 0 Å². The third-order valence-corrected chi connectivity index (χ3v) is 4.49. The van der Waals surface area contributed by atoms with E-state index in [1.165, 1.54) is 24.0 Å². The summed E-state index contributed by atoms with van der Waals surface area (Å²) in [5, 5.41) is 0.957. The van der Waals surface area contributed by atoms with E-state index in [9.17, 15) is 0 Å². The predicted octanol–water partition coefficient (Wildman–Crippen LogP) is 4.59. The molecule has 0 aromatic heterocycles. The number of benzene rings is 1. The second kappa shape index (κ2) is 3.83. The highest BCUT2D eigenvalue weighted by atomic mass is 35.5. The van der Waals surface area contributed by atoms with Crippen LogP contribution >= 0.6 is 11.6 Å². The van der Waals surface area contributed by atoms with Crippen molar-refractivity contribution in [1.29, 1.82) is 0 Å². The van der Waals surface area contributed by atoms with Gasteiger partial charge in [-0.25, -0.2) is 0 Å². The van der Waals surface area contributed by atoms with Crippen LogP contribution in [0.25, 0.3) is 0 Å². The maximum atomic E-state index is 6.27. The van der Waals surface area contributed by atoms with Gasteiger partial charge in [-0.05, 0) is 47.8 Å². The summed E-state index contributed by atoms with van der Waals surface area (Å²) in [4.78, 5) is 0. The van der Waals surface area contributed by atoms with Gasteiger partial charge in [-0.3, -0.25) is 0 Å². The fourth-order valence-corrected chi connectivity index (χ4v) is 2.98. The number of hydrogen-bond donors (Lipinski definition) is 0. The number of halogens is 1. The molecule has 0 spiro atoms. The molecule has 1 heteroatoms. The van der Waals surface area contributed by atoms with Crippen molar-refractivity contribution in [3.05, 3.63) is 34.3 Å². The van der Waals surface area contributed by atoms with Gasteiger partial charge in [0.1, 0.15) is 0 Å². The van der Waals surface area contributed by atoms with Crippen molar-refractivity contribution < 1.29 is 0 Å². The lowest BCUT2D eigenvalue weighted by molar-refractivity contribution is 0.290. The zero-order valence-corrected chi connectivity index (χ0v) is 10.6. The van der Waals surface area contributed by atoms with Crippen molar-refractivity contribution in [3.63, 3.8) is 0 Å².